The molecule has 82 valence electrons. The molecule has 0 spiro atoms. The summed E-state index contributed by atoms with van der Waals surface area (Å²) in [6.45, 7) is 5.78. The topological polar surface area (TPSA) is 46.5 Å². The van der Waals surface area contributed by atoms with Crippen molar-refractivity contribution in [1.29, 1.82) is 0 Å². The Kier molecular flexibility index (Phi) is 3.84. The summed E-state index contributed by atoms with van der Waals surface area (Å²) in [7, 11) is 0. The van der Waals surface area contributed by atoms with Gasteiger partial charge in [0.05, 0.1) is 0 Å². The number of esters is 1. The molecule has 2 unspecified atom stereocenters. The summed E-state index contributed by atoms with van der Waals surface area (Å²) < 4.78 is 5.27. The van der Waals surface area contributed by atoms with Crippen LogP contribution in [0.5, 0.6) is 0 Å². The summed E-state index contributed by atoms with van der Waals surface area (Å²) in [5.74, 6) is 0.983. The smallest absolute Gasteiger partial charge is 0.319 e. The second kappa shape index (κ2) is 4.53. The first-order valence-electron chi connectivity index (χ1n) is 4.87. The number of aliphatic hydroxyl groups is 1. The molecule has 1 saturated heterocycles. The van der Waals surface area contributed by atoms with Crippen LogP contribution in [0.25, 0.3) is 0 Å². The van der Waals surface area contributed by atoms with Crippen molar-refractivity contribution in [2.45, 2.75) is 38.0 Å². The highest BCUT2D eigenvalue weighted by Crippen LogP contribution is 2.32. The molecule has 0 aliphatic carbocycles. The van der Waals surface area contributed by atoms with Crippen LogP contribution in [0.15, 0.2) is 0 Å². The Bertz CT molecular complexity index is 210. The van der Waals surface area contributed by atoms with Crippen molar-refractivity contribution in [3.63, 3.8) is 0 Å². The lowest BCUT2D eigenvalue weighted by Crippen LogP contribution is -2.29. The molecular weight excluding hydrogens is 200 g/mol. The molecular formula is C10H18O3S. The van der Waals surface area contributed by atoms with E-state index in [4.69, 9.17) is 9.84 Å². The van der Waals surface area contributed by atoms with Gasteiger partial charge in [0, 0.05) is 6.61 Å². The third-order valence-corrected chi connectivity index (χ3v) is 3.46. The maximum atomic E-state index is 11.6. The molecule has 0 radical (unpaired) electrons. The van der Waals surface area contributed by atoms with Crippen LogP contribution in [0, 0.1) is 5.92 Å². The van der Waals surface area contributed by atoms with Gasteiger partial charge in [-0.15, -0.1) is 11.8 Å². The molecule has 2 atom stereocenters. The molecule has 0 bridgehead atoms. The van der Waals surface area contributed by atoms with E-state index in [0.717, 1.165) is 12.2 Å². The van der Waals surface area contributed by atoms with Gasteiger partial charge in [-0.2, -0.15) is 0 Å². The molecule has 0 saturated carbocycles. The van der Waals surface area contributed by atoms with Crippen LogP contribution in [-0.2, 0) is 9.53 Å². The summed E-state index contributed by atoms with van der Waals surface area (Å²) in [5.41, 5.74) is -0.408. The Labute approximate surface area is 89.2 Å². The molecule has 0 aromatic heterocycles. The molecule has 4 heteroatoms. The van der Waals surface area contributed by atoms with Crippen molar-refractivity contribution in [3.05, 3.63) is 0 Å². The van der Waals surface area contributed by atoms with Gasteiger partial charge < -0.3 is 9.84 Å². The maximum Gasteiger partial charge on any atom is 0.319 e. The lowest BCUT2D eigenvalue weighted by molar-refractivity contribution is -0.154. The Balaban J connectivity index is 2.40. The molecule has 1 N–H and O–H groups in total. The third kappa shape index (κ3) is 3.50. The van der Waals surface area contributed by atoms with E-state index in [1.54, 1.807) is 11.8 Å². The molecule has 1 rings (SSSR count). The normalized spacial score (nSPS) is 27.7. The number of hydrogen-bond donors (Lipinski definition) is 1. The zero-order chi connectivity index (χ0) is 10.8. The van der Waals surface area contributed by atoms with Crippen LogP contribution in [0.1, 0.15) is 27.2 Å². The summed E-state index contributed by atoms with van der Waals surface area (Å²) >= 11 is 1.59. The molecule has 1 fully saturated rings. The van der Waals surface area contributed by atoms with Crippen molar-refractivity contribution >= 4 is 17.7 Å². The Morgan fingerprint density at radius 1 is 1.57 bits per heavy atom. The van der Waals surface area contributed by atoms with Gasteiger partial charge in [-0.3, -0.25) is 4.79 Å². The highest BCUT2D eigenvalue weighted by molar-refractivity contribution is 8.00. The number of aliphatic hydroxyl groups excluding tert-OH is 1. The van der Waals surface area contributed by atoms with Crippen LogP contribution in [0.3, 0.4) is 0 Å². The van der Waals surface area contributed by atoms with Crippen LogP contribution < -0.4 is 0 Å². The molecule has 1 aliphatic heterocycles. The highest BCUT2D eigenvalue weighted by Gasteiger charge is 2.33. The lowest BCUT2D eigenvalue weighted by atomic mass is 10.1. The molecule has 1 heterocycles. The fraction of sp³-hybridized carbons (Fsp3) is 0.900. The summed E-state index contributed by atoms with van der Waals surface area (Å²) in [6, 6.07) is 0. The van der Waals surface area contributed by atoms with Crippen molar-refractivity contribution in [1.82, 2.24) is 0 Å². The van der Waals surface area contributed by atoms with Crippen molar-refractivity contribution in [2.75, 3.05) is 12.4 Å². The molecule has 1 aliphatic rings. The van der Waals surface area contributed by atoms with Gasteiger partial charge in [0.25, 0.3) is 0 Å². The standard InChI is InChI=1S/C10H18O3S/c1-10(2,3)13-9(12)8-4-7(5-11)6-14-8/h7-8,11H,4-6H2,1-3H3. The fourth-order valence-corrected chi connectivity index (χ4v) is 2.69. The first kappa shape index (κ1) is 11.9. The van der Waals surface area contributed by atoms with Crippen LogP contribution in [-0.4, -0.2) is 34.3 Å². The Morgan fingerprint density at radius 3 is 2.64 bits per heavy atom. The second-order valence-electron chi connectivity index (χ2n) is 4.64. The predicted molar refractivity (Wildman–Crippen MR) is 57.3 cm³/mol. The number of rotatable bonds is 2. The molecule has 0 amide bonds. The predicted octanol–water partition coefficient (Wildman–Crippen LogP) is 1.44. The van der Waals surface area contributed by atoms with Crippen LogP contribution >= 0.6 is 11.8 Å². The minimum Gasteiger partial charge on any atom is -0.459 e. The van der Waals surface area contributed by atoms with E-state index in [1.165, 1.54) is 0 Å². The summed E-state index contributed by atoms with van der Waals surface area (Å²) in [5, 5.41) is 8.86. The molecule has 3 nitrogen and oxygen atoms in total. The van der Waals surface area contributed by atoms with E-state index in [0.29, 0.717) is 0 Å². The number of ether oxygens (including phenoxy) is 1. The molecule has 0 aromatic carbocycles. The first-order chi connectivity index (χ1) is 6.42. The van der Waals surface area contributed by atoms with E-state index < -0.39 is 5.60 Å². The molecule has 14 heavy (non-hydrogen) atoms. The van der Waals surface area contributed by atoms with E-state index in [2.05, 4.69) is 0 Å². The number of hydrogen-bond acceptors (Lipinski definition) is 4. The largest absolute Gasteiger partial charge is 0.459 e. The third-order valence-electron chi connectivity index (χ3n) is 2.01. The minimum absolute atomic E-state index is 0.0774. The monoisotopic (exact) mass is 218 g/mol. The zero-order valence-electron chi connectivity index (χ0n) is 8.95. The van der Waals surface area contributed by atoms with E-state index in [9.17, 15) is 4.79 Å². The maximum absolute atomic E-state index is 11.6. The van der Waals surface area contributed by atoms with Crippen molar-refractivity contribution in [3.8, 4) is 0 Å². The fourth-order valence-electron chi connectivity index (χ4n) is 1.35. The van der Waals surface area contributed by atoms with Gasteiger partial charge >= 0.3 is 5.97 Å². The van der Waals surface area contributed by atoms with Gasteiger partial charge in [-0.05, 0) is 38.9 Å². The van der Waals surface area contributed by atoms with Gasteiger partial charge in [0.1, 0.15) is 10.9 Å². The van der Waals surface area contributed by atoms with Crippen LogP contribution in [0.2, 0.25) is 0 Å². The van der Waals surface area contributed by atoms with Gasteiger partial charge in [-0.1, -0.05) is 0 Å². The van der Waals surface area contributed by atoms with Crippen molar-refractivity contribution < 1.29 is 14.6 Å². The summed E-state index contributed by atoms with van der Waals surface area (Å²) in [6.07, 6.45) is 0.746. The van der Waals surface area contributed by atoms with Gasteiger partial charge in [0.15, 0.2) is 0 Å². The average Bonchev–Trinajstić information content (AvgIpc) is 2.48. The van der Waals surface area contributed by atoms with E-state index in [1.807, 2.05) is 20.8 Å². The highest BCUT2D eigenvalue weighted by atomic mass is 32.2. The van der Waals surface area contributed by atoms with E-state index >= 15 is 0 Å². The minimum atomic E-state index is -0.408. The van der Waals surface area contributed by atoms with Gasteiger partial charge in [-0.25, -0.2) is 0 Å². The number of thioether (sulfide) groups is 1. The Hall–Kier alpha value is -0.220. The van der Waals surface area contributed by atoms with E-state index in [-0.39, 0.29) is 23.7 Å². The SMILES string of the molecule is CC(C)(C)OC(=O)C1CC(CO)CS1. The number of carbonyl (C=O) groups excluding carboxylic acids is 1. The van der Waals surface area contributed by atoms with Gasteiger partial charge in [0.2, 0.25) is 0 Å². The quantitative estimate of drug-likeness (QED) is 0.712. The second-order valence-corrected chi connectivity index (χ2v) is 5.88. The zero-order valence-corrected chi connectivity index (χ0v) is 9.76. The number of carbonyl (C=O) groups is 1. The molecule has 0 aromatic rings. The Morgan fingerprint density at radius 2 is 2.21 bits per heavy atom. The van der Waals surface area contributed by atoms with Crippen molar-refractivity contribution in [2.24, 2.45) is 5.92 Å². The average molecular weight is 218 g/mol. The first-order valence-corrected chi connectivity index (χ1v) is 5.92. The van der Waals surface area contributed by atoms with Crippen LogP contribution in [0.4, 0.5) is 0 Å². The lowest BCUT2D eigenvalue weighted by Gasteiger charge is -2.21. The summed E-state index contributed by atoms with van der Waals surface area (Å²) in [4.78, 5) is 11.6.